The van der Waals surface area contributed by atoms with Crippen LogP contribution >= 0.6 is 0 Å². The van der Waals surface area contributed by atoms with Gasteiger partial charge in [-0.2, -0.15) is 5.10 Å². The van der Waals surface area contributed by atoms with Crippen molar-refractivity contribution in [2.24, 2.45) is 0 Å². The smallest absolute Gasteiger partial charge is 0.273 e. The Kier molecular flexibility index (Phi) is 5.79. The van der Waals surface area contributed by atoms with Gasteiger partial charge in [-0.15, -0.1) is 0 Å². The zero-order valence-electron chi connectivity index (χ0n) is 16.2. The molecule has 1 aromatic carbocycles. The summed E-state index contributed by atoms with van der Waals surface area (Å²) in [6.45, 7) is 2.10. The second-order valence-corrected chi connectivity index (χ2v) is 7.29. The van der Waals surface area contributed by atoms with Gasteiger partial charge in [-0.1, -0.05) is 30.3 Å². The van der Waals surface area contributed by atoms with Crippen LogP contribution in [0.15, 0.2) is 53.8 Å². The zero-order chi connectivity index (χ0) is 20.1. The standard InChI is InChI=1S/C21H24N6O2/c28-19-14-22-18(13-23-19)21(29)26-10-4-7-17(9-11-26)20-24-15-25-27(20)12-8-16-5-2-1-3-6-16/h1-3,5-6,13-15,17H,4,7-12H2,(H,23,28). The summed E-state index contributed by atoms with van der Waals surface area (Å²) in [4.78, 5) is 36.7. The first-order chi connectivity index (χ1) is 14.2. The SMILES string of the molecule is O=C(c1c[nH]c(=O)cn1)N1CCCC(c2ncnn2CCc2ccccc2)CC1. The number of carbonyl (C=O) groups is 1. The molecule has 0 bridgehead atoms. The predicted molar refractivity (Wildman–Crippen MR) is 108 cm³/mol. The lowest BCUT2D eigenvalue weighted by atomic mass is 10.00. The molecular formula is C21H24N6O2. The number of nitrogens with one attached hydrogen (secondary N) is 1. The van der Waals surface area contributed by atoms with Gasteiger partial charge in [0.1, 0.15) is 17.8 Å². The zero-order valence-corrected chi connectivity index (χ0v) is 16.2. The highest BCUT2D eigenvalue weighted by Gasteiger charge is 2.25. The highest BCUT2D eigenvalue weighted by Crippen LogP contribution is 2.27. The molecule has 1 amide bonds. The van der Waals surface area contributed by atoms with Crippen molar-refractivity contribution in [1.29, 1.82) is 0 Å². The molecule has 0 aliphatic carbocycles. The van der Waals surface area contributed by atoms with Gasteiger partial charge in [0.15, 0.2) is 0 Å². The molecule has 29 heavy (non-hydrogen) atoms. The minimum absolute atomic E-state index is 0.146. The monoisotopic (exact) mass is 392 g/mol. The van der Waals surface area contributed by atoms with Crippen LogP contribution in [0.25, 0.3) is 0 Å². The number of H-pyrrole nitrogens is 1. The van der Waals surface area contributed by atoms with E-state index >= 15 is 0 Å². The number of hydrogen-bond donors (Lipinski definition) is 1. The van der Waals surface area contributed by atoms with E-state index in [0.717, 1.165) is 44.2 Å². The third-order valence-electron chi connectivity index (χ3n) is 5.37. The van der Waals surface area contributed by atoms with Gasteiger partial charge in [-0.25, -0.2) is 14.6 Å². The molecule has 8 heteroatoms. The molecule has 3 aromatic rings. The molecular weight excluding hydrogens is 368 g/mol. The summed E-state index contributed by atoms with van der Waals surface area (Å²) in [5.41, 5.74) is 1.24. The first-order valence-electron chi connectivity index (χ1n) is 9.96. The lowest BCUT2D eigenvalue weighted by molar-refractivity contribution is 0.0754. The fourth-order valence-electron chi connectivity index (χ4n) is 3.82. The van der Waals surface area contributed by atoms with Crippen LogP contribution in [0.1, 0.15) is 47.1 Å². The molecule has 4 rings (SSSR count). The summed E-state index contributed by atoms with van der Waals surface area (Å²) in [5.74, 6) is 1.12. The van der Waals surface area contributed by atoms with Crippen LogP contribution in [-0.4, -0.2) is 48.6 Å². The molecule has 1 saturated heterocycles. The third-order valence-corrected chi connectivity index (χ3v) is 5.37. The highest BCUT2D eigenvalue weighted by atomic mass is 16.2. The lowest BCUT2D eigenvalue weighted by Crippen LogP contribution is -2.33. The van der Waals surface area contributed by atoms with E-state index in [-0.39, 0.29) is 23.1 Å². The Labute approximate surface area is 168 Å². The van der Waals surface area contributed by atoms with E-state index < -0.39 is 0 Å². The van der Waals surface area contributed by atoms with E-state index in [9.17, 15) is 9.59 Å². The first-order valence-corrected chi connectivity index (χ1v) is 9.96. The molecule has 3 heterocycles. The Bertz CT molecular complexity index is 993. The number of aromatic amines is 1. The minimum atomic E-state index is -0.313. The summed E-state index contributed by atoms with van der Waals surface area (Å²) >= 11 is 0. The predicted octanol–water partition coefficient (Wildman–Crippen LogP) is 2.01. The van der Waals surface area contributed by atoms with E-state index in [0.29, 0.717) is 13.1 Å². The molecule has 0 saturated carbocycles. The molecule has 2 aromatic heterocycles. The maximum Gasteiger partial charge on any atom is 0.273 e. The average Bonchev–Trinajstić information content (AvgIpc) is 3.09. The number of amides is 1. The fraction of sp³-hybridized carbons (Fsp3) is 0.381. The number of aryl methyl sites for hydroxylation is 2. The summed E-state index contributed by atoms with van der Waals surface area (Å²) in [6, 6.07) is 10.4. The number of nitrogens with zero attached hydrogens (tertiary/aromatic N) is 5. The quantitative estimate of drug-likeness (QED) is 0.716. The number of hydrogen-bond acceptors (Lipinski definition) is 5. The topological polar surface area (TPSA) is 96.8 Å². The summed E-state index contributed by atoms with van der Waals surface area (Å²) in [5, 5.41) is 4.43. The van der Waals surface area contributed by atoms with E-state index in [1.54, 1.807) is 6.33 Å². The second-order valence-electron chi connectivity index (χ2n) is 7.29. The minimum Gasteiger partial charge on any atom is -0.337 e. The Morgan fingerprint density at radius 1 is 1.14 bits per heavy atom. The summed E-state index contributed by atoms with van der Waals surface area (Å²) in [6.07, 6.45) is 7.75. The number of benzene rings is 1. The van der Waals surface area contributed by atoms with Gasteiger partial charge in [0.25, 0.3) is 11.5 Å². The fourth-order valence-corrected chi connectivity index (χ4v) is 3.82. The van der Waals surface area contributed by atoms with E-state index in [1.807, 2.05) is 27.8 Å². The van der Waals surface area contributed by atoms with Crippen LogP contribution in [0, 0.1) is 0 Å². The number of likely N-dealkylation sites (tertiary alicyclic amines) is 1. The van der Waals surface area contributed by atoms with E-state index in [2.05, 4.69) is 32.2 Å². The van der Waals surface area contributed by atoms with Crippen molar-refractivity contribution >= 4 is 5.91 Å². The molecule has 1 unspecified atom stereocenters. The molecule has 150 valence electrons. The first kappa shape index (κ1) is 19.0. The van der Waals surface area contributed by atoms with Gasteiger partial charge in [-0.3, -0.25) is 9.59 Å². The van der Waals surface area contributed by atoms with Crippen molar-refractivity contribution in [1.82, 2.24) is 29.6 Å². The Morgan fingerprint density at radius 3 is 2.79 bits per heavy atom. The third kappa shape index (κ3) is 4.59. The number of aromatic nitrogens is 5. The maximum absolute atomic E-state index is 12.7. The van der Waals surface area contributed by atoms with Crippen molar-refractivity contribution in [3.05, 3.63) is 76.5 Å². The van der Waals surface area contributed by atoms with Gasteiger partial charge in [-0.05, 0) is 31.2 Å². The molecule has 0 radical (unpaired) electrons. The number of rotatable bonds is 5. The van der Waals surface area contributed by atoms with Crippen molar-refractivity contribution in [3.8, 4) is 0 Å². The summed E-state index contributed by atoms with van der Waals surface area (Å²) < 4.78 is 2.00. The Morgan fingerprint density at radius 2 is 2.00 bits per heavy atom. The largest absolute Gasteiger partial charge is 0.337 e. The van der Waals surface area contributed by atoms with Gasteiger partial charge in [0.05, 0.1) is 6.20 Å². The maximum atomic E-state index is 12.7. The van der Waals surface area contributed by atoms with Gasteiger partial charge >= 0.3 is 0 Å². The van der Waals surface area contributed by atoms with Crippen LogP contribution in [-0.2, 0) is 13.0 Å². The van der Waals surface area contributed by atoms with E-state index in [1.165, 1.54) is 11.8 Å². The van der Waals surface area contributed by atoms with Crippen LogP contribution in [0.4, 0.5) is 0 Å². The normalized spacial score (nSPS) is 17.1. The van der Waals surface area contributed by atoms with Gasteiger partial charge < -0.3 is 9.88 Å². The molecule has 0 spiro atoms. The van der Waals surface area contributed by atoms with Crippen molar-refractivity contribution in [3.63, 3.8) is 0 Å². The van der Waals surface area contributed by atoms with E-state index in [4.69, 9.17) is 0 Å². The lowest BCUT2D eigenvalue weighted by Gasteiger charge is -2.20. The van der Waals surface area contributed by atoms with Crippen molar-refractivity contribution in [2.45, 2.75) is 38.1 Å². The van der Waals surface area contributed by atoms with Crippen molar-refractivity contribution in [2.75, 3.05) is 13.1 Å². The average molecular weight is 392 g/mol. The van der Waals surface area contributed by atoms with Crippen molar-refractivity contribution < 1.29 is 4.79 Å². The molecule has 1 aliphatic rings. The molecule has 8 nitrogen and oxygen atoms in total. The molecule has 1 fully saturated rings. The van der Waals surface area contributed by atoms with Gasteiger partial charge in [0.2, 0.25) is 0 Å². The molecule has 1 aliphatic heterocycles. The van der Waals surface area contributed by atoms with Crippen LogP contribution < -0.4 is 5.56 Å². The molecule has 1 atom stereocenters. The van der Waals surface area contributed by atoms with Crippen LogP contribution in [0.3, 0.4) is 0 Å². The van der Waals surface area contributed by atoms with Crippen LogP contribution in [0.5, 0.6) is 0 Å². The second kappa shape index (κ2) is 8.81. The summed E-state index contributed by atoms with van der Waals surface area (Å²) in [7, 11) is 0. The van der Waals surface area contributed by atoms with Gasteiger partial charge in [0, 0.05) is 31.7 Å². The molecule has 1 N–H and O–H groups in total. The Hall–Kier alpha value is -3.29. The Balaban J connectivity index is 1.40. The van der Waals surface area contributed by atoms with Crippen LogP contribution in [0.2, 0.25) is 0 Å². The number of carbonyl (C=O) groups excluding carboxylic acids is 1. The highest BCUT2D eigenvalue weighted by molar-refractivity contribution is 5.91.